The van der Waals surface area contributed by atoms with Crippen molar-refractivity contribution >= 4 is 10.9 Å². The molecule has 0 aromatic heterocycles. The highest BCUT2D eigenvalue weighted by atomic mass is 32.2. The third-order valence-electron chi connectivity index (χ3n) is 1.85. The minimum atomic E-state index is 0.378. The van der Waals surface area contributed by atoms with Crippen molar-refractivity contribution in [2.24, 2.45) is 0 Å². The first-order valence-corrected chi connectivity index (χ1v) is 6.10. The summed E-state index contributed by atoms with van der Waals surface area (Å²) in [5.41, 5.74) is 1.38. The maximum Gasteiger partial charge on any atom is 0.160 e. The zero-order chi connectivity index (χ0) is 8.97. The summed E-state index contributed by atoms with van der Waals surface area (Å²) >= 11 is 0. The zero-order valence-electron chi connectivity index (χ0n) is 7.66. The fourth-order valence-corrected chi connectivity index (χ4v) is 2.33. The molecule has 1 aromatic rings. The van der Waals surface area contributed by atoms with Gasteiger partial charge in [-0.15, -0.1) is 0 Å². The average Bonchev–Trinajstić information content (AvgIpc) is 2.07. The van der Waals surface area contributed by atoms with Crippen molar-refractivity contribution in [2.75, 3.05) is 12.5 Å². The lowest BCUT2D eigenvalue weighted by Crippen LogP contribution is -2.07. The number of hydrogen-bond donors (Lipinski definition) is 0. The predicted molar refractivity (Wildman–Crippen MR) is 58.6 cm³/mol. The molecule has 0 heterocycles. The van der Waals surface area contributed by atoms with E-state index < -0.39 is 0 Å². The second-order valence-corrected chi connectivity index (χ2v) is 5.21. The van der Waals surface area contributed by atoms with E-state index in [1.165, 1.54) is 5.56 Å². The molecule has 1 aromatic carbocycles. The summed E-state index contributed by atoms with van der Waals surface area (Å²) < 4.78 is 0. The summed E-state index contributed by atoms with van der Waals surface area (Å²) in [6, 6.07) is 10.5. The van der Waals surface area contributed by atoms with Crippen LogP contribution < -0.4 is 0 Å². The van der Waals surface area contributed by atoms with Gasteiger partial charge in [0.05, 0.1) is 12.5 Å². The lowest BCUT2D eigenvalue weighted by Gasteiger charge is -2.08. The van der Waals surface area contributed by atoms with Crippen LogP contribution in [0, 0.1) is 0 Å². The number of rotatable bonds is 3. The summed E-state index contributed by atoms with van der Waals surface area (Å²) in [6.45, 7) is 3.87. The molecule has 0 bridgehead atoms. The first-order valence-electron chi connectivity index (χ1n) is 3.99. The molecule has 0 aliphatic carbocycles. The van der Waals surface area contributed by atoms with Crippen LogP contribution in [0.25, 0.3) is 0 Å². The normalized spacial score (nSPS) is 12.9. The van der Waals surface area contributed by atoms with E-state index >= 15 is 0 Å². The Morgan fingerprint density at radius 1 is 1.25 bits per heavy atom. The first kappa shape index (κ1) is 9.40. The van der Waals surface area contributed by atoms with Gasteiger partial charge in [-0.1, -0.05) is 36.9 Å². The minimum Gasteiger partial charge on any atom is -0.0978 e. The fraction of sp³-hybridized carbons (Fsp3) is 0.273. The highest BCUT2D eigenvalue weighted by Crippen LogP contribution is 2.22. The smallest absolute Gasteiger partial charge is 0.0978 e. The highest BCUT2D eigenvalue weighted by Gasteiger charge is 2.18. The maximum atomic E-state index is 3.87. The van der Waals surface area contributed by atoms with E-state index in [1.54, 1.807) is 0 Å². The largest absolute Gasteiger partial charge is 0.160 e. The Kier molecular flexibility index (Phi) is 3.42. The van der Waals surface area contributed by atoms with Crippen molar-refractivity contribution in [2.45, 2.75) is 5.25 Å². The Hall–Kier alpha value is -0.690. The van der Waals surface area contributed by atoms with Crippen LogP contribution in [0.5, 0.6) is 0 Å². The topological polar surface area (TPSA) is 0 Å². The molecule has 0 aliphatic heterocycles. The van der Waals surface area contributed by atoms with Crippen LogP contribution >= 0.6 is 0 Å². The second-order valence-electron chi connectivity index (χ2n) is 2.95. The first-order chi connectivity index (χ1) is 5.75. The van der Waals surface area contributed by atoms with Crippen LogP contribution in [-0.2, 0) is 10.9 Å². The molecule has 12 heavy (non-hydrogen) atoms. The van der Waals surface area contributed by atoms with Crippen LogP contribution in [0.2, 0.25) is 0 Å². The van der Waals surface area contributed by atoms with Gasteiger partial charge in [0.25, 0.3) is 0 Å². The monoisotopic (exact) mass is 179 g/mol. The molecule has 0 radical (unpaired) electrons. The van der Waals surface area contributed by atoms with Gasteiger partial charge in [-0.05, 0) is 17.0 Å². The molecule has 1 atom stereocenters. The van der Waals surface area contributed by atoms with Crippen molar-refractivity contribution in [3.8, 4) is 0 Å². The molecule has 1 heteroatoms. The standard InChI is InChI=1S/C11H15S/c1-4-11(12(2)3)10-8-6-5-7-9-10/h4-9,11H,1H2,2-3H3/q+1. The van der Waals surface area contributed by atoms with E-state index in [-0.39, 0.29) is 0 Å². The molecule has 64 valence electrons. The Morgan fingerprint density at radius 2 is 1.83 bits per heavy atom. The van der Waals surface area contributed by atoms with Gasteiger partial charge < -0.3 is 0 Å². The molecule has 0 fully saturated rings. The summed E-state index contributed by atoms with van der Waals surface area (Å²) in [6.07, 6.45) is 6.54. The van der Waals surface area contributed by atoms with E-state index in [0.29, 0.717) is 16.1 Å². The number of hydrogen-bond acceptors (Lipinski definition) is 0. The lowest BCUT2D eigenvalue weighted by molar-refractivity contribution is 1.22. The van der Waals surface area contributed by atoms with E-state index in [4.69, 9.17) is 0 Å². The van der Waals surface area contributed by atoms with E-state index in [0.717, 1.165) is 0 Å². The van der Waals surface area contributed by atoms with Crippen LogP contribution in [0.1, 0.15) is 10.8 Å². The lowest BCUT2D eigenvalue weighted by atomic mass is 10.1. The average molecular weight is 179 g/mol. The molecular weight excluding hydrogens is 164 g/mol. The van der Waals surface area contributed by atoms with Crippen molar-refractivity contribution in [3.05, 3.63) is 48.6 Å². The molecule has 0 saturated heterocycles. The van der Waals surface area contributed by atoms with Crippen molar-refractivity contribution in [1.29, 1.82) is 0 Å². The number of benzene rings is 1. The Bertz CT molecular complexity index is 238. The van der Waals surface area contributed by atoms with Gasteiger partial charge in [0.1, 0.15) is 0 Å². The Balaban J connectivity index is 2.88. The van der Waals surface area contributed by atoms with Crippen molar-refractivity contribution in [1.82, 2.24) is 0 Å². The molecule has 0 aliphatic rings. The van der Waals surface area contributed by atoms with Gasteiger partial charge in [0.15, 0.2) is 5.25 Å². The molecule has 0 amide bonds. The van der Waals surface area contributed by atoms with E-state index in [9.17, 15) is 0 Å². The van der Waals surface area contributed by atoms with Gasteiger partial charge >= 0.3 is 0 Å². The summed E-state index contributed by atoms with van der Waals surface area (Å²) in [5, 5.41) is 0.520. The Morgan fingerprint density at radius 3 is 2.25 bits per heavy atom. The zero-order valence-corrected chi connectivity index (χ0v) is 8.47. The molecule has 1 rings (SSSR count). The van der Waals surface area contributed by atoms with Crippen LogP contribution in [0.3, 0.4) is 0 Å². The van der Waals surface area contributed by atoms with Gasteiger partial charge in [0, 0.05) is 5.56 Å². The van der Waals surface area contributed by atoms with Crippen molar-refractivity contribution < 1.29 is 0 Å². The Labute approximate surface area is 77.7 Å². The molecular formula is C11H15S+. The summed E-state index contributed by atoms with van der Waals surface area (Å²) in [5.74, 6) is 0. The molecule has 1 unspecified atom stereocenters. The van der Waals surface area contributed by atoms with Gasteiger partial charge in [-0.2, -0.15) is 0 Å². The third kappa shape index (κ3) is 2.15. The van der Waals surface area contributed by atoms with E-state index in [1.807, 2.05) is 12.1 Å². The van der Waals surface area contributed by atoms with Crippen LogP contribution in [0.15, 0.2) is 43.0 Å². The minimum absolute atomic E-state index is 0.378. The summed E-state index contributed by atoms with van der Waals surface area (Å²) in [4.78, 5) is 0. The van der Waals surface area contributed by atoms with Gasteiger partial charge in [0.2, 0.25) is 0 Å². The molecule has 0 spiro atoms. The van der Waals surface area contributed by atoms with Crippen LogP contribution in [0.4, 0.5) is 0 Å². The molecule has 0 saturated carbocycles. The summed E-state index contributed by atoms with van der Waals surface area (Å²) in [7, 11) is 0.378. The van der Waals surface area contributed by atoms with Gasteiger partial charge in [-0.25, -0.2) is 0 Å². The van der Waals surface area contributed by atoms with Crippen LogP contribution in [-0.4, -0.2) is 12.5 Å². The molecule has 0 nitrogen and oxygen atoms in total. The maximum absolute atomic E-state index is 3.87. The third-order valence-corrected chi connectivity index (χ3v) is 3.33. The highest BCUT2D eigenvalue weighted by molar-refractivity contribution is 7.95. The predicted octanol–water partition coefficient (Wildman–Crippen LogP) is 2.79. The van der Waals surface area contributed by atoms with E-state index in [2.05, 4.69) is 43.4 Å². The quantitative estimate of drug-likeness (QED) is 0.494. The SMILES string of the molecule is C=CC(c1ccccc1)[S+](C)C. The molecule has 0 N–H and O–H groups in total. The fourth-order valence-electron chi connectivity index (χ4n) is 1.24. The van der Waals surface area contributed by atoms with Gasteiger partial charge in [-0.3, -0.25) is 0 Å². The second kappa shape index (κ2) is 4.36. The van der Waals surface area contributed by atoms with Crippen molar-refractivity contribution in [3.63, 3.8) is 0 Å².